The third kappa shape index (κ3) is 4.94. The zero-order valence-electron chi connectivity index (χ0n) is 11.7. The summed E-state index contributed by atoms with van der Waals surface area (Å²) in [5.41, 5.74) is 5.57. The molecule has 0 fully saturated rings. The van der Waals surface area contributed by atoms with Crippen LogP contribution in [0.25, 0.3) is 0 Å². The molecule has 9 nitrogen and oxygen atoms in total. The van der Waals surface area contributed by atoms with Gasteiger partial charge in [-0.25, -0.2) is 0 Å². The lowest BCUT2D eigenvalue weighted by atomic mass is 10.4. The van der Waals surface area contributed by atoms with Crippen molar-refractivity contribution >= 4 is 11.8 Å². The molecule has 1 aromatic rings. The number of carbonyl (C=O) groups is 2. The van der Waals surface area contributed by atoms with Crippen molar-refractivity contribution in [1.29, 1.82) is 0 Å². The van der Waals surface area contributed by atoms with E-state index in [1.807, 2.05) is 0 Å². The SMILES string of the molecule is COCCNC(=O)CN(C)C(=O)c1cn(CCN)nn1. The van der Waals surface area contributed by atoms with Crippen LogP contribution in [-0.4, -0.2) is 72.1 Å². The minimum absolute atomic E-state index is 0.0493. The number of hydrogen-bond acceptors (Lipinski definition) is 6. The summed E-state index contributed by atoms with van der Waals surface area (Å²) in [4.78, 5) is 24.8. The van der Waals surface area contributed by atoms with E-state index < -0.39 is 0 Å². The predicted octanol–water partition coefficient (Wildman–Crippen LogP) is -1.93. The normalized spacial score (nSPS) is 10.3. The summed E-state index contributed by atoms with van der Waals surface area (Å²) in [5, 5.41) is 10.2. The minimum Gasteiger partial charge on any atom is -0.383 e. The smallest absolute Gasteiger partial charge is 0.276 e. The van der Waals surface area contributed by atoms with Gasteiger partial charge in [0.05, 0.1) is 25.9 Å². The molecule has 3 N–H and O–H groups in total. The number of rotatable bonds is 8. The highest BCUT2D eigenvalue weighted by Gasteiger charge is 2.17. The van der Waals surface area contributed by atoms with Crippen LogP contribution in [0.5, 0.6) is 0 Å². The Labute approximate surface area is 117 Å². The van der Waals surface area contributed by atoms with Gasteiger partial charge in [0.25, 0.3) is 5.91 Å². The predicted molar refractivity (Wildman–Crippen MR) is 70.9 cm³/mol. The molecular weight excluding hydrogens is 264 g/mol. The Balaban J connectivity index is 2.47. The highest BCUT2D eigenvalue weighted by Crippen LogP contribution is 1.98. The summed E-state index contributed by atoms with van der Waals surface area (Å²) in [6, 6.07) is 0. The molecule has 9 heteroatoms. The number of nitrogens with two attached hydrogens (primary N) is 1. The molecule has 0 saturated heterocycles. The molecule has 0 aliphatic rings. The molecule has 20 heavy (non-hydrogen) atoms. The van der Waals surface area contributed by atoms with E-state index in [0.717, 1.165) is 0 Å². The van der Waals surface area contributed by atoms with Crippen LogP contribution >= 0.6 is 0 Å². The summed E-state index contributed by atoms with van der Waals surface area (Å²) >= 11 is 0. The molecule has 0 radical (unpaired) electrons. The number of likely N-dealkylation sites (N-methyl/N-ethyl adjacent to an activating group) is 1. The van der Waals surface area contributed by atoms with Crippen LogP contribution in [0, 0.1) is 0 Å². The second-order valence-electron chi connectivity index (χ2n) is 4.16. The van der Waals surface area contributed by atoms with E-state index >= 15 is 0 Å². The summed E-state index contributed by atoms with van der Waals surface area (Å²) in [6.07, 6.45) is 1.51. The fourth-order valence-electron chi connectivity index (χ4n) is 1.47. The molecular formula is C11H20N6O3. The topological polar surface area (TPSA) is 115 Å². The van der Waals surface area contributed by atoms with Crippen molar-refractivity contribution in [3.05, 3.63) is 11.9 Å². The maximum Gasteiger partial charge on any atom is 0.276 e. The summed E-state index contributed by atoms with van der Waals surface area (Å²) in [7, 11) is 3.08. The molecule has 0 aliphatic carbocycles. The van der Waals surface area contributed by atoms with Crippen LogP contribution < -0.4 is 11.1 Å². The molecule has 1 heterocycles. The summed E-state index contributed by atoms with van der Waals surface area (Å²) < 4.78 is 6.30. The van der Waals surface area contributed by atoms with E-state index in [2.05, 4.69) is 15.6 Å². The van der Waals surface area contributed by atoms with Gasteiger partial charge in [-0.05, 0) is 0 Å². The van der Waals surface area contributed by atoms with E-state index in [1.165, 1.54) is 22.8 Å². The number of aromatic nitrogens is 3. The van der Waals surface area contributed by atoms with E-state index in [-0.39, 0.29) is 24.1 Å². The Morgan fingerprint density at radius 2 is 2.30 bits per heavy atom. The maximum atomic E-state index is 12.0. The number of nitrogens with zero attached hydrogens (tertiary/aromatic N) is 4. The highest BCUT2D eigenvalue weighted by molar-refractivity contribution is 5.94. The van der Waals surface area contributed by atoms with Gasteiger partial charge in [0.2, 0.25) is 5.91 Å². The van der Waals surface area contributed by atoms with E-state index in [0.29, 0.717) is 26.2 Å². The third-order valence-corrected chi connectivity index (χ3v) is 2.47. The first-order valence-electron chi connectivity index (χ1n) is 6.19. The van der Waals surface area contributed by atoms with Crippen molar-refractivity contribution in [2.24, 2.45) is 5.73 Å². The van der Waals surface area contributed by atoms with Gasteiger partial charge in [-0.2, -0.15) is 0 Å². The fourth-order valence-corrected chi connectivity index (χ4v) is 1.47. The van der Waals surface area contributed by atoms with Gasteiger partial charge in [0.15, 0.2) is 5.69 Å². The van der Waals surface area contributed by atoms with Gasteiger partial charge < -0.3 is 20.7 Å². The molecule has 0 bridgehead atoms. The van der Waals surface area contributed by atoms with Gasteiger partial charge in [-0.15, -0.1) is 5.10 Å². The van der Waals surface area contributed by atoms with Crippen molar-refractivity contribution in [2.75, 3.05) is 40.4 Å². The van der Waals surface area contributed by atoms with E-state index in [1.54, 1.807) is 7.11 Å². The third-order valence-electron chi connectivity index (χ3n) is 2.47. The standard InChI is InChI=1S/C11H20N6O3/c1-16(8-10(18)13-4-6-20-2)11(19)9-7-17(5-3-12)15-14-9/h7H,3-6,8,12H2,1-2H3,(H,13,18). The van der Waals surface area contributed by atoms with Crippen molar-refractivity contribution in [2.45, 2.75) is 6.54 Å². The Morgan fingerprint density at radius 3 is 2.95 bits per heavy atom. The number of amides is 2. The quantitative estimate of drug-likeness (QED) is 0.537. The Hall–Kier alpha value is -2.00. The van der Waals surface area contributed by atoms with Crippen LogP contribution in [0.15, 0.2) is 6.20 Å². The molecule has 1 aromatic heterocycles. The summed E-state index contributed by atoms with van der Waals surface area (Å²) in [5.74, 6) is -0.623. The number of nitrogens with one attached hydrogen (secondary N) is 1. The van der Waals surface area contributed by atoms with Crippen LogP contribution in [0.4, 0.5) is 0 Å². The number of methoxy groups -OCH3 is 1. The van der Waals surface area contributed by atoms with Crippen LogP contribution in [0.2, 0.25) is 0 Å². The lowest BCUT2D eigenvalue weighted by Gasteiger charge is -2.15. The Bertz CT molecular complexity index is 447. The van der Waals surface area contributed by atoms with E-state index in [4.69, 9.17) is 10.5 Å². The molecule has 2 amide bonds. The van der Waals surface area contributed by atoms with Crippen molar-refractivity contribution in [1.82, 2.24) is 25.2 Å². The first-order chi connectivity index (χ1) is 9.58. The Morgan fingerprint density at radius 1 is 1.55 bits per heavy atom. The average molecular weight is 284 g/mol. The second kappa shape index (κ2) is 8.23. The van der Waals surface area contributed by atoms with E-state index in [9.17, 15) is 9.59 Å². The Kier molecular flexibility index (Phi) is 6.60. The molecule has 0 spiro atoms. The monoisotopic (exact) mass is 284 g/mol. The zero-order chi connectivity index (χ0) is 15.0. The first kappa shape index (κ1) is 16.1. The first-order valence-corrected chi connectivity index (χ1v) is 6.19. The largest absolute Gasteiger partial charge is 0.383 e. The second-order valence-corrected chi connectivity index (χ2v) is 4.16. The van der Waals surface area contributed by atoms with Crippen molar-refractivity contribution in [3.8, 4) is 0 Å². The van der Waals surface area contributed by atoms with Crippen LogP contribution in [0.3, 0.4) is 0 Å². The molecule has 1 rings (SSSR count). The molecule has 112 valence electrons. The lowest BCUT2D eigenvalue weighted by Crippen LogP contribution is -2.39. The molecule has 0 aromatic carbocycles. The van der Waals surface area contributed by atoms with Crippen LogP contribution in [-0.2, 0) is 16.1 Å². The van der Waals surface area contributed by atoms with Gasteiger partial charge in [0.1, 0.15) is 0 Å². The van der Waals surface area contributed by atoms with Gasteiger partial charge in [0, 0.05) is 27.2 Å². The van der Waals surface area contributed by atoms with Gasteiger partial charge in [-0.1, -0.05) is 5.21 Å². The molecule has 0 saturated carbocycles. The molecule has 0 unspecified atom stereocenters. The minimum atomic E-state index is -0.366. The number of hydrogen-bond donors (Lipinski definition) is 2. The van der Waals surface area contributed by atoms with Crippen molar-refractivity contribution < 1.29 is 14.3 Å². The van der Waals surface area contributed by atoms with Gasteiger partial charge in [-0.3, -0.25) is 14.3 Å². The maximum absolute atomic E-state index is 12.0. The average Bonchev–Trinajstić information content (AvgIpc) is 2.87. The lowest BCUT2D eigenvalue weighted by molar-refractivity contribution is -0.121. The number of ether oxygens (including phenoxy) is 1. The summed E-state index contributed by atoms with van der Waals surface area (Å²) in [6.45, 7) is 1.68. The molecule has 0 aliphatic heterocycles. The highest BCUT2D eigenvalue weighted by atomic mass is 16.5. The zero-order valence-corrected chi connectivity index (χ0v) is 11.7. The molecule has 0 atom stereocenters. The number of carbonyl (C=O) groups excluding carboxylic acids is 2. The van der Waals surface area contributed by atoms with Crippen LogP contribution in [0.1, 0.15) is 10.5 Å². The fraction of sp³-hybridized carbons (Fsp3) is 0.636. The van der Waals surface area contributed by atoms with Crippen molar-refractivity contribution in [3.63, 3.8) is 0 Å². The van der Waals surface area contributed by atoms with Gasteiger partial charge >= 0.3 is 0 Å².